The SMILES string of the molecule is COc1c(Cl)cc(Cl)cc1CCCCO. The molecule has 1 aromatic rings. The highest BCUT2D eigenvalue weighted by molar-refractivity contribution is 6.35. The van der Waals surface area contributed by atoms with Crippen LogP contribution in [-0.4, -0.2) is 18.8 Å². The first-order valence-electron chi connectivity index (χ1n) is 4.81. The smallest absolute Gasteiger partial charge is 0.140 e. The van der Waals surface area contributed by atoms with Crippen molar-refractivity contribution in [3.05, 3.63) is 27.7 Å². The summed E-state index contributed by atoms with van der Waals surface area (Å²) < 4.78 is 5.21. The van der Waals surface area contributed by atoms with Gasteiger partial charge in [0, 0.05) is 11.6 Å². The van der Waals surface area contributed by atoms with E-state index in [0.717, 1.165) is 24.8 Å². The molecular weight excluding hydrogens is 235 g/mol. The van der Waals surface area contributed by atoms with Crippen LogP contribution >= 0.6 is 23.2 Å². The Labute approximate surface area is 99.8 Å². The highest BCUT2D eigenvalue weighted by atomic mass is 35.5. The third kappa shape index (κ3) is 3.56. The highest BCUT2D eigenvalue weighted by Crippen LogP contribution is 2.32. The van der Waals surface area contributed by atoms with Crippen molar-refractivity contribution in [1.29, 1.82) is 0 Å². The number of ether oxygens (including phenoxy) is 1. The maximum Gasteiger partial charge on any atom is 0.140 e. The van der Waals surface area contributed by atoms with Gasteiger partial charge in [0.05, 0.1) is 12.1 Å². The van der Waals surface area contributed by atoms with Crippen LogP contribution in [0.2, 0.25) is 10.0 Å². The van der Waals surface area contributed by atoms with Gasteiger partial charge in [-0.1, -0.05) is 23.2 Å². The van der Waals surface area contributed by atoms with E-state index < -0.39 is 0 Å². The van der Waals surface area contributed by atoms with Crippen LogP contribution in [0, 0.1) is 0 Å². The fourth-order valence-corrected chi connectivity index (χ4v) is 2.07. The molecule has 0 aromatic heterocycles. The molecule has 1 rings (SSSR count). The summed E-state index contributed by atoms with van der Waals surface area (Å²) in [5.41, 5.74) is 0.989. The number of hydrogen-bond donors (Lipinski definition) is 1. The zero-order valence-electron chi connectivity index (χ0n) is 8.59. The second kappa shape index (κ2) is 6.21. The normalized spacial score (nSPS) is 10.4. The molecule has 0 unspecified atom stereocenters. The van der Waals surface area contributed by atoms with Crippen molar-refractivity contribution in [3.8, 4) is 5.75 Å². The first kappa shape index (κ1) is 12.6. The molecule has 0 aliphatic carbocycles. The molecule has 2 nitrogen and oxygen atoms in total. The molecule has 0 fully saturated rings. The molecule has 0 atom stereocenters. The Morgan fingerprint density at radius 3 is 2.60 bits per heavy atom. The quantitative estimate of drug-likeness (QED) is 0.811. The summed E-state index contributed by atoms with van der Waals surface area (Å²) in [7, 11) is 1.59. The Bertz CT molecular complexity index is 327. The van der Waals surface area contributed by atoms with E-state index in [1.165, 1.54) is 0 Å². The minimum atomic E-state index is 0.205. The average molecular weight is 249 g/mol. The summed E-state index contributed by atoms with van der Waals surface area (Å²) >= 11 is 11.9. The summed E-state index contributed by atoms with van der Waals surface area (Å²) in [5, 5.41) is 9.84. The molecule has 0 radical (unpaired) electrons. The van der Waals surface area contributed by atoms with Crippen LogP contribution < -0.4 is 4.74 Å². The molecule has 1 N–H and O–H groups in total. The van der Waals surface area contributed by atoms with Gasteiger partial charge < -0.3 is 9.84 Å². The molecule has 0 bridgehead atoms. The Morgan fingerprint density at radius 1 is 1.27 bits per heavy atom. The topological polar surface area (TPSA) is 29.5 Å². The zero-order valence-corrected chi connectivity index (χ0v) is 10.1. The van der Waals surface area contributed by atoms with E-state index in [4.69, 9.17) is 33.0 Å². The second-order valence-electron chi connectivity index (χ2n) is 3.26. The third-order valence-corrected chi connectivity index (χ3v) is 2.64. The number of aliphatic hydroxyl groups excluding tert-OH is 1. The number of aliphatic hydroxyl groups is 1. The number of halogens is 2. The number of unbranched alkanes of at least 4 members (excludes halogenated alkanes) is 1. The molecule has 0 aliphatic rings. The molecule has 0 aliphatic heterocycles. The largest absolute Gasteiger partial charge is 0.495 e. The van der Waals surface area contributed by atoms with Crippen molar-refractivity contribution >= 4 is 23.2 Å². The van der Waals surface area contributed by atoms with E-state index in [9.17, 15) is 0 Å². The van der Waals surface area contributed by atoms with E-state index in [2.05, 4.69) is 0 Å². The lowest BCUT2D eigenvalue weighted by Crippen LogP contribution is -1.95. The number of methoxy groups -OCH3 is 1. The van der Waals surface area contributed by atoms with Crippen LogP contribution in [0.4, 0.5) is 0 Å². The predicted molar refractivity (Wildman–Crippen MR) is 63.0 cm³/mol. The summed E-state index contributed by atoms with van der Waals surface area (Å²) in [6, 6.07) is 3.52. The fourth-order valence-electron chi connectivity index (χ4n) is 1.46. The Morgan fingerprint density at radius 2 is 2.00 bits per heavy atom. The van der Waals surface area contributed by atoms with Gasteiger partial charge in [0.15, 0.2) is 0 Å². The number of hydrogen-bond acceptors (Lipinski definition) is 2. The van der Waals surface area contributed by atoms with E-state index in [1.54, 1.807) is 13.2 Å². The molecule has 4 heteroatoms. The monoisotopic (exact) mass is 248 g/mol. The lowest BCUT2D eigenvalue weighted by atomic mass is 10.1. The second-order valence-corrected chi connectivity index (χ2v) is 4.10. The minimum absolute atomic E-state index is 0.205. The lowest BCUT2D eigenvalue weighted by Gasteiger charge is -2.10. The standard InChI is InChI=1S/C11H14Cl2O2/c1-15-11-8(4-2-3-5-14)6-9(12)7-10(11)13/h6-7,14H,2-5H2,1H3. The first-order valence-corrected chi connectivity index (χ1v) is 5.57. The van der Waals surface area contributed by atoms with Crippen molar-refractivity contribution < 1.29 is 9.84 Å². The molecule has 0 saturated heterocycles. The number of benzene rings is 1. The average Bonchev–Trinajstić information content (AvgIpc) is 2.17. The predicted octanol–water partition coefficient (Wildman–Crippen LogP) is 3.32. The van der Waals surface area contributed by atoms with Gasteiger partial charge in [0.25, 0.3) is 0 Å². The van der Waals surface area contributed by atoms with Crippen molar-refractivity contribution in [2.75, 3.05) is 13.7 Å². The third-order valence-electron chi connectivity index (χ3n) is 2.14. The minimum Gasteiger partial charge on any atom is -0.495 e. The number of aryl methyl sites for hydroxylation is 1. The molecule has 0 spiro atoms. The van der Waals surface area contributed by atoms with Gasteiger partial charge in [-0.3, -0.25) is 0 Å². The lowest BCUT2D eigenvalue weighted by molar-refractivity contribution is 0.284. The van der Waals surface area contributed by atoms with Crippen molar-refractivity contribution in [1.82, 2.24) is 0 Å². The Hall–Kier alpha value is -0.440. The Balaban J connectivity index is 2.84. The van der Waals surface area contributed by atoms with Gasteiger partial charge in [-0.15, -0.1) is 0 Å². The maximum atomic E-state index is 8.70. The molecular formula is C11H14Cl2O2. The summed E-state index contributed by atoms with van der Waals surface area (Å²) in [5.74, 6) is 0.680. The van der Waals surface area contributed by atoms with E-state index >= 15 is 0 Å². The van der Waals surface area contributed by atoms with Gasteiger partial charge in [-0.25, -0.2) is 0 Å². The van der Waals surface area contributed by atoms with Crippen LogP contribution in [0.25, 0.3) is 0 Å². The number of rotatable bonds is 5. The van der Waals surface area contributed by atoms with Crippen molar-refractivity contribution in [2.45, 2.75) is 19.3 Å². The van der Waals surface area contributed by atoms with Crippen molar-refractivity contribution in [2.24, 2.45) is 0 Å². The van der Waals surface area contributed by atoms with E-state index in [1.807, 2.05) is 6.07 Å². The zero-order chi connectivity index (χ0) is 11.3. The van der Waals surface area contributed by atoms with Gasteiger partial charge >= 0.3 is 0 Å². The van der Waals surface area contributed by atoms with Gasteiger partial charge in [0.1, 0.15) is 5.75 Å². The maximum absolute atomic E-state index is 8.70. The van der Waals surface area contributed by atoms with Crippen LogP contribution in [0.3, 0.4) is 0 Å². The van der Waals surface area contributed by atoms with Crippen molar-refractivity contribution in [3.63, 3.8) is 0 Å². The van der Waals surface area contributed by atoms with Gasteiger partial charge in [-0.05, 0) is 37.0 Å². The summed E-state index contributed by atoms with van der Waals surface area (Å²) in [6.07, 6.45) is 2.47. The molecule has 15 heavy (non-hydrogen) atoms. The van der Waals surface area contributed by atoms with Crippen LogP contribution in [0.15, 0.2) is 12.1 Å². The van der Waals surface area contributed by atoms with Crippen LogP contribution in [0.1, 0.15) is 18.4 Å². The molecule has 0 amide bonds. The van der Waals surface area contributed by atoms with Gasteiger partial charge in [-0.2, -0.15) is 0 Å². The first-order chi connectivity index (χ1) is 7.19. The summed E-state index contributed by atoms with van der Waals surface area (Å²) in [4.78, 5) is 0. The molecule has 84 valence electrons. The van der Waals surface area contributed by atoms with E-state index in [0.29, 0.717) is 15.8 Å². The highest BCUT2D eigenvalue weighted by Gasteiger charge is 2.09. The van der Waals surface area contributed by atoms with Crippen LogP contribution in [0.5, 0.6) is 5.75 Å². The molecule has 0 heterocycles. The molecule has 0 saturated carbocycles. The van der Waals surface area contributed by atoms with Gasteiger partial charge in [0.2, 0.25) is 0 Å². The van der Waals surface area contributed by atoms with Crippen LogP contribution in [-0.2, 0) is 6.42 Å². The van der Waals surface area contributed by atoms with E-state index in [-0.39, 0.29) is 6.61 Å². The summed E-state index contributed by atoms with van der Waals surface area (Å²) in [6.45, 7) is 0.205. The Kier molecular flexibility index (Phi) is 5.23. The molecule has 1 aromatic carbocycles. The fraction of sp³-hybridized carbons (Fsp3) is 0.455.